The van der Waals surface area contributed by atoms with Crippen molar-refractivity contribution in [3.8, 4) is 0 Å². The highest BCUT2D eigenvalue weighted by atomic mass is 35.5. The Hall–Kier alpha value is -0.620. The summed E-state index contributed by atoms with van der Waals surface area (Å²) < 4.78 is 12.8. The van der Waals surface area contributed by atoms with E-state index in [1.165, 1.54) is 0 Å². The van der Waals surface area contributed by atoms with E-state index in [1.54, 1.807) is 14.2 Å². The molecule has 1 aromatic heterocycles. The van der Waals surface area contributed by atoms with Gasteiger partial charge in [0, 0.05) is 27.2 Å². The smallest absolute Gasteiger partial charge is 0.172 e. The lowest BCUT2D eigenvalue weighted by atomic mass is 10.1. The molecule has 0 radical (unpaired) electrons. The SMILES string of the molecule is CCCNC(Cc1c(Cl)c(CC)nn1CC)C(OC)OC. The molecule has 1 unspecified atom stereocenters. The van der Waals surface area contributed by atoms with Crippen LogP contribution in [0.15, 0.2) is 0 Å². The average molecular weight is 318 g/mol. The number of ether oxygens (including phenoxy) is 2. The number of hydrogen-bond acceptors (Lipinski definition) is 4. The van der Waals surface area contributed by atoms with Gasteiger partial charge in [-0.25, -0.2) is 0 Å². The summed E-state index contributed by atoms with van der Waals surface area (Å²) in [6.45, 7) is 7.99. The first-order chi connectivity index (χ1) is 10.1. The fourth-order valence-electron chi connectivity index (χ4n) is 2.44. The van der Waals surface area contributed by atoms with Crippen molar-refractivity contribution >= 4 is 11.6 Å². The average Bonchev–Trinajstić information content (AvgIpc) is 2.81. The predicted molar refractivity (Wildman–Crippen MR) is 85.9 cm³/mol. The second-order valence-electron chi connectivity index (χ2n) is 4.98. The first-order valence-corrected chi connectivity index (χ1v) is 8.03. The molecule has 6 heteroatoms. The van der Waals surface area contributed by atoms with Crippen LogP contribution >= 0.6 is 11.6 Å². The summed E-state index contributed by atoms with van der Waals surface area (Å²) in [6, 6.07) is 0.0455. The monoisotopic (exact) mass is 317 g/mol. The highest BCUT2D eigenvalue weighted by Gasteiger charge is 2.25. The number of methoxy groups -OCH3 is 2. The minimum Gasteiger partial charge on any atom is -0.354 e. The molecular formula is C15H28ClN3O2. The van der Waals surface area contributed by atoms with Crippen LogP contribution in [0.3, 0.4) is 0 Å². The number of hydrogen-bond donors (Lipinski definition) is 1. The van der Waals surface area contributed by atoms with Crippen LogP contribution in [-0.4, -0.2) is 42.9 Å². The Balaban J connectivity index is 2.98. The summed E-state index contributed by atoms with van der Waals surface area (Å²) in [5, 5.41) is 8.81. The van der Waals surface area contributed by atoms with E-state index in [0.29, 0.717) is 0 Å². The molecule has 0 aliphatic heterocycles. The largest absolute Gasteiger partial charge is 0.354 e. The van der Waals surface area contributed by atoms with Gasteiger partial charge in [-0.05, 0) is 26.3 Å². The van der Waals surface area contributed by atoms with E-state index in [1.807, 2.05) is 4.68 Å². The van der Waals surface area contributed by atoms with Crippen LogP contribution in [-0.2, 0) is 28.9 Å². The Bertz CT molecular complexity index is 419. The Morgan fingerprint density at radius 1 is 1.24 bits per heavy atom. The van der Waals surface area contributed by atoms with E-state index >= 15 is 0 Å². The fraction of sp³-hybridized carbons (Fsp3) is 0.800. The third-order valence-electron chi connectivity index (χ3n) is 3.56. The molecule has 1 N–H and O–H groups in total. The van der Waals surface area contributed by atoms with Gasteiger partial charge in [-0.2, -0.15) is 5.10 Å². The maximum absolute atomic E-state index is 6.48. The van der Waals surface area contributed by atoms with E-state index < -0.39 is 0 Å². The number of nitrogens with one attached hydrogen (secondary N) is 1. The van der Waals surface area contributed by atoms with Gasteiger partial charge in [-0.1, -0.05) is 25.4 Å². The molecule has 0 saturated heterocycles. The molecule has 0 aromatic carbocycles. The molecule has 21 heavy (non-hydrogen) atoms. The second kappa shape index (κ2) is 9.41. The standard InChI is InChI=1S/C15H28ClN3O2/c1-6-9-17-12(15(20-4)21-5)10-13-14(16)11(7-2)18-19(13)8-3/h12,15,17H,6-10H2,1-5H3. The molecule has 0 fully saturated rings. The van der Waals surface area contributed by atoms with Crippen LogP contribution in [0.2, 0.25) is 5.02 Å². The van der Waals surface area contributed by atoms with Gasteiger partial charge in [0.1, 0.15) is 0 Å². The van der Waals surface area contributed by atoms with Gasteiger partial charge in [0.15, 0.2) is 6.29 Å². The van der Waals surface area contributed by atoms with Gasteiger partial charge in [-0.3, -0.25) is 4.68 Å². The summed E-state index contributed by atoms with van der Waals surface area (Å²) in [4.78, 5) is 0. The second-order valence-corrected chi connectivity index (χ2v) is 5.36. The number of aromatic nitrogens is 2. The zero-order valence-electron chi connectivity index (χ0n) is 13.8. The Kier molecular flexibility index (Phi) is 8.26. The van der Waals surface area contributed by atoms with Crippen LogP contribution in [0, 0.1) is 0 Å². The van der Waals surface area contributed by atoms with Crippen LogP contribution in [0.4, 0.5) is 0 Å². The highest BCUT2D eigenvalue weighted by Crippen LogP contribution is 2.24. The first-order valence-electron chi connectivity index (χ1n) is 7.65. The lowest BCUT2D eigenvalue weighted by molar-refractivity contribution is -0.122. The molecule has 0 saturated carbocycles. The van der Waals surface area contributed by atoms with E-state index in [2.05, 4.69) is 31.2 Å². The Morgan fingerprint density at radius 3 is 2.38 bits per heavy atom. The summed E-state index contributed by atoms with van der Waals surface area (Å²) in [5.74, 6) is 0. The van der Waals surface area contributed by atoms with Crippen molar-refractivity contribution < 1.29 is 9.47 Å². The van der Waals surface area contributed by atoms with Crippen molar-refractivity contribution in [3.05, 3.63) is 16.4 Å². The van der Waals surface area contributed by atoms with E-state index in [-0.39, 0.29) is 12.3 Å². The molecule has 1 heterocycles. The van der Waals surface area contributed by atoms with Crippen molar-refractivity contribution in [2.45, 2.75) is 58.9 Å². The van der Waals surface area contributed by atoms with Crippen molar-refractivity contribution in [2.75, 3.05) is 20.8 Å². The van der Waals surface area contributed by atoms with Crippen molar-refractivity contribution in [3.63, 3.8) is 0 Å². The maximum Gasteiger partial charge on any atom is 0.172 e. The third kappa shape index (κ3) is 4.68. The molecule has 122 valence electrons. The van der Waals surface area contributed by atoms with Crippen LogP contribution in [0.1, 0.15) is 38.6 Å². The van der Waals surface area contributed by atoms with Crippen molar-refractivity contribution in [2.24, 2.45) is 0 Å². The number of nitrogens with zero attached hydrogens (tertiary/aromatic N) is 2. The van der Waals surface area contributed by atoms with Crippen molar-refractivity contribution in [1.29, 1.82) is 0 Å². The molecule has 0 aliphatic carbocycles. The van der Waals surface area contributed by atoms with E-state index in [4.69, 9.17) is 21.1 Å². The number of aryl methyl sites for hydroxylation is 2. The zero-order chi connectivity index (χ0) is 15.8. The topological polar surface area (TPSA) is 48.3 Å². The van der Waals surface area contributed by atoms with E-state index in [0.717, 1.165) is 48.8 Å². The van der Waals surface area contributed by atoms with E-state index in [9.17, 15) is 0 Å². The summed E-state index contributed by atoms with van der Waals surface area (Å²) >= 11 is 6.48. The Morgan fingerprint density at radius 2 is 1.90 bits per heavy atom. The molecule has 0 aliphatic rings. The van der Waals surface area contributed by atoms with Gasteiger partial charge in [0.2, 0.25) is 0 Å². The molecule has 1 atom stereocenters. The maximum atomic E-state index is 6.48. The molecule has 0 spiro atoms. The molecule has 0 bridgehead atoms. The summed E-state index contributed by atoms with van der Waals surface area (Å²) in [7, 11) is 3.32. The predicted octanol–water partition coefficient (Wildman–Crippen LogP) is 2.65. The highest BCUT2D eigenvalue weighted by molar-refractivity contribution is 6.31. The van der Waals surface area contributed by atoms with Crippen molar-refractivity contribution in [1.82, 2.24) is 15.1 Å². The lowest BCUT2D eigenvalue weighted by Crippen LogP contribution is -2.44. The van der Waals surface area contributed by atoms with Gasteiger partial charge in [0.05, 0.1) is 22.5 Å². The molecule has 5 nitrogen and oxygen atoms in total. The van der Waals surface area contributed by atoms with Gasteiger partial charge in [0.25, 0.3) is 0 Å². The first kappa shape index (κ1) is 18.4. The van der Waals surface area contributed by atoms with Crippen LogP contribution < -0.4 is 5.32 Å². The molecule has 1 rings (SSSR count). The zero-order valence-corrected chi connectivity index (χ0v) is 14.5. The van der Waals surface area contributed by atoms with Gasteiger partial charge < -0.3 is 14.8 Å². The van der Waals surface area contributed by atoms with Crippen LogP contribution in [0.25, 0.3) is 0 Å². The molecule has 0 amide bonds. The number of halogens is 1. The molecule has 1 aromatic rings. The quantitative estimate of drug-likeness (QED) is 0.674. The van der Waals surface area contributed by atoms with Crippen LogP contribution in [0.5, 0.6) is 0 Å². The summed E-state index contributed by atoms with van der Waals surface area (Å²) in [6.07, 6.45) is 2.31. The third-order valence-corrected chi connectivity index (χ3v) is 3.99. The lowest BCUT2D eigenvalue weighted by Gasteiger charge is -2.26. The Labute approximate surface area is 132 Å². The van der Waals surface area contributed by atoms with Gasteiger partial charge >= 0.3 is 0 Å². The minimum atomic E-state index is -0.308. The molecular weight excluding hydrogens is 290 g/mol. The van der Waals surface area contributed by atoms with Gasteiger partial charge in [-0.15, -0.1) is 0 Å². The number of rotatable bonds is 10. The fourth-order valence-corrected chi connectivity index (χ4v) is 2.79. The minimum absolute atomic E-state index is 0.0455. The summed E-state index contributed by atoms with van der Waals surface area (Å²) in [5.41, 5.74) is 2.00. The normalized spacial score (nSPS) is 13.1.